The van der Waals surface area contributed by atoms with Crippen LogP contribution in [-0.4, -0.2) is 47.2 Å². The van der Waals surface area contributed by atoms with Crippen LogP contribution < -0.4 is 4.90 Å². The second-order valence-corrected chi connectivity index (χ2v) is 6.20. The van der Waals surface area contributed by atoms with E-state index in [2.05, 4.69) is 27.8 Å². The Labute approximate surface area is 142 Å². The summed E-state index contributed by atoms with van der Waals surface area (Å²) in [6.07, 6.45) is 1.25. The largest absolute Gasteiger partial charge is 0.387 e. The van der Waals surface area contributed by atoms with Gasteiger partial charge in [0.05, 0.1) is 11.7 Å². The van der Waals surface area contributed by atoms with Crippen molar-refractivity contribution in [2.75, 3.05) is 31.1 Å². The molecule has 0 saturated carbocycles. The average molecular weight is 322 g/mol. The molecule has 24 heavy (non-hydrogen) atoms. The maximum Gasteiger partial charge on any atom is 0.146 e. The van der Waals surface area contributed by atoms with Crippen LogP contribution in [-0.2, 0) is 0 Å². The smallest absolute Gasteiger partial charge is 0.146 e. The number of hydrogen-bond acceptors (Lipinski definition) is 5. The van der Waals surface area contributed by atoms with E-state index in [0.29, 0.717) is 12.1 Å². The van der Waals surface area contributed by atoms with E-state index >= 15 is 0 Å². The number of piperazine rings is 1. The minimum atomic E-state index is -0.482. The third-order valence-corrected chi connectivity index (χ3v) is 4.56. The number of nitriles is 1. The number of anilines is 1. The van der Waals surface area contributed by atoms with Gasteiger partial charge in [0.2, 0.25) is 0 Å². The normalized spacial score (nSPS) is 19.7. The number of aliphatic hydroxyl groups excluding tert-OH is 1. The van der Waals surface area contributed by atoms with Crippen molar-refractivity contribution in [2.45, 2.75) is 19.1 Å². The maximum atomic E-state index is 10.4. The SMILES string of the molecule is CC1CN(c2ncccc2C#N)CCN1CC(O)c1ccccc1. The fourth-order valence-electron chi connectivity index (χ4n) is 3.20. The molecule has 1 aromatic heterocycles. The summed E-state index contributed by atoms with van der Waals surface area (Å²) in [4.78, 5) is 8.83. The number of hydrogen-bond donors (Lipinski definition) is 1. The Morgan fingerprint density at radius 3 is 2.75 bits per heavy atom. The van der Waals surface area contributed by atoms with Gasteiger partial charge in [-0.15, -0.1) is 0 Å². The van der Waals surface area contributed by atoms with Crippen LogP contribution in [0, 0.1) is 11.3 Å². The Kier molecular flexibility index (Phi) is 5.09. The highest BCUT2D eigenvalue weighted by Crippen LogP contribution is 2.22. The van der Waals surface area contributed by atoms with Crippen LogP contribution in [0.15, 0.2) is 48.7 Å². The third-order valence-electron chi connectivity index (χ3n) is 4.56. The monoisotopic (exact) mass is 322 g/mol. The van der Waals surface area contributed by atoms with Gasteiger partial charge >= 0.3 is 0 Å². The van der Waals surface area contributed by atoms with Gasteiger partial charge < -0.3 is 10.0 Å². The molecule has 2 unspecified atom stereocenters. The minimum absolute atomic E-state index is 0.283. The van der Waals surface area contributed by atoms with Gasteiger partial charge in [0.1, 0.15) is 11.9 Å². The standard InChI is InChI=1S/C19H22N4O/c1-15-13-23(19-17(12-20)8-5-9-21-19)11-10-22(15)14-18(24)16-6-3-2-4-7-16/h2-9,15,18,24H,10-11,13-14H2,1H3. The first-order valence-corrected chi connectivity index (χ1v) is 8.26. The van der Waals surface area contributed by atoms with Crippen molar-refractivity contribution in [2.24, 2.45) is 0 Å². The fraction of sp³-hybridized carbons (Fsp3) is 0.368. The molecule has 1 saturated heterocycles. The van der Waals surface area contributed by atoms with E-state index in [0.717, 1.165) is 31.0 Å². The van der Waals surface area contributed by atoms with Crippen molar-refractivity contribution in [1.82, 2.24) is 9.88 Å². The van der Waals surface area contributed by atoms with Gasteiger partial charge in [-0.05, 0) is 24.6 Å². The summed E-state index contributed by atoms with van der Waals surface area (Å²) in [6, 6.07) is 15.9. The summed E-state index contributed by atoms with van der Waals surface area (Å²) in [7, 11) is 0. The summed E-state index contributed by atoms with van der Waals surface area (Å²) in [6.45, 7) is 5.21. The first-order chi connectivity index (χ1) is 11.7. The molecule has 2 heterocycles. The van der Waals surface area contributed by atoms with Gasteiger partial charge in [0, 0.05) is 38.4 Å². The number of aromatic nitrogens is 1. The van der Waals surface area contributed by atoms with Gasteiger partial charge in [-0.2, -0.15) is 5.26 Å². The quantitative estimate of drug-likeness (QED) is 0.935. The molecule has 1 N–H and O–H groups in total. The first kappa shape index (κ1) is 16.4. The summed E-state index contributed by atoms with van der Waals surface area (Å²) in [5.74, 6) is 0.759. The number of nitrogens with zero attached hydrogens (tertiary/aromatic N) is 4. The average Bonchev–Trinajstić information content (AvgIpc) is 2.64. The third kappa shape index (κ3) is 3.56. The highest BCUT2D eigenvalue weighted by molar-refractivity contribution is 5.53. The molecular weight excluding hydrogens is 300 g/mol. The summed E-state index contributed by atoms with van der Waals surface area (Å²) in [5.41, 5.74) is 1.56. The zero-order valence-corrected chi connectivity index (χ0v) is 13.8. The van der Waals surface area contributed by atoms with E-state index in [1.807, 2.05) is 30.3 Å². The number of benzene rings is 1. The molecule has 1 aliphatic rings. The lowest BCUT2D eigenvalue weighted by Crippen LogP contribution is -2.53. The highest BCUT2D eigenvalue weighted by Gasteiger charge is 2.27. The van der Waals surface area contributed by atoms with Gasteiger partial charge in [0.15, 0.2) is 0 Å². The highest BCUT2D eigenvalue weighted by atomic mass is 16.3. The van der Waals surface area contributed by atoms with E-state index < -0.39 is 6.10 Å². The van der Waals surface area contributed by atoms with Crippen molar-refractivity contribution in [3.05, 3.63) is 59.8 Å². The molecule has 0 radical (unpaired) electrons. The predicted octanol–water partition coefficient (Wildman–Crippen LogP) is 2.20. The predicted molar refractivity (Wildman–Crippen MR) is 93.6 cm³/mol. The van der Waals surface area contributed by atoms with Crippen LogP contribution in [0.4, 0.5) is 5.82 Å². The van der Waals surface area contributed by atoms with Crippen molar-refractivity contribution >= 4 is 5.82 Å². The van der Waals surface area contributed by atoms with Crippen molar-refractivity contribution in [3.8, 4) is 6.07 Å². The van der Waals surface area contributed by atoms with Gasteiger partial charge in [-0.25, -0.2) is 4.98 Å². The summed E-state index contributed by atoms with van der Waals surface area (Å²) >= 11 is 0. The minimum Gasteiger partial charge on any atom is -0.387 e. The van der Waals surface area contributed by atoms with Gasteiger partial charge in [-0.3, -0.25) is 4.90 Å². The van der Waals surface area contributed by atoms with Crippen molar-refractivity contribution in [3.63, 3.8) is 0 Å². The molecule has 2 aromatic rings. The molecule has 2 atom stereocenters. The molecule has 5 nitrogen and oxygen atoms in total. The Bertz CT molecular complexity index is 713. The Morgan fingerprint density at radius 2 is 2.04 bits per heavy atom. The zero-order chi connectivity index (χ0) is 16.9. The number of β-amino-alcohol motifs (C(OH)–C–C–N with tert-alkyl or cyclic N) is 1. The van der Waals surface area contributed by atoms with Crippen LogP contribution in [0.3, 0.4) is 0 Å². The molecule has 124 valence electrons. The summed E-state index contributed by atoms with van der Waals surface area (Å²) < 4.78 is 0. The Balaban J connectivity index is 1.64. The molecule has 3 rings (SSSR count). The zero-order valence-electron chi connectivity index (χ0n) is 13.8. The van der Waals surface area contributed by atoms with Gasteiger partial charge in [-0.1, -0.05) is 30.3 Å². The van der Waals surface area contributed by atoms with E-state index in [1.165, 1.54) is 0 Å². The maximum absolute atomic E-state index is 10.4. The Hall–Kier alpha value is -2.42. The van der Waals surface area contributed by atoms with Crippen LogP contribution >= 0.6 is 0 Å². The molecular formula is C19H22N4O. The number of aliphatic hydroxyl groups is 1. The van der Waals surface area contributed by atoms with Crippen LogP contribution in [0.1, 0.15) is 24.2 Å². The second-order valence-electron chi connectivity index (χ2n) is 6.20. The van der Waals surface area contributed by atoms with E-state index in [4.69, 9.17) is 0 Å². The van der Waals surface area contributed by atoms with Crippen LogP contribution in [0.25, 0.3) is 0 Å². The molecule has 5 heteroatoms. The van der Waals surface area contributed by atoms with E-state index in [9.17, 15) is 10.4 Å². The molecule has 0 bridgehead atoms. The number of pyridine rings is 1. The molecule has 0 amide bonds. The van der Waals surface area contributed by atoms with Crippen LogP contribution in [0.5, 0.6) is 0 Å². The molecule has 1 aliphatic heterocycles. The van der Waals surface area contributed by atoms with E-state index in [-0.39, 0.29) is 6.04 Å². The molecule has 1 aromatic carbocycles. The van der Waals surface area contributed by atoms with Gasteiger partial charge in [0.25, 0.3) is 0 Å². The van der Waals surface area contributed by atoms with Crippen molar-refractivity contribution in [1.29, 1.82) is 5.26 Å². The Morgan fingerprint density at radius 1 is 1.25 bits per heavy atom. The lowest BCUT2D eigenvalue weighted by Gasteiger charge is -2.41. The molecule has 0 spiro atoms. The van der Waals surface area contributed by atoms with Crippen molar-refractivity contribution < 1.29 is 5.11 Å². The lowest BCUT2D eigenvalue weighted by atomic mass is 10.1. The lowest BCUT2D eigenvalue weighted by molar-refractivity contribution is 0.0848. The first-order valence-electron chi connectivity index (χ1n) is 8.26. The summed E-state index contributed by atoms with van der Waals surface area (Å²) in [5, 5.41) is 19.7. The second kappa shape index (κ2) is 7.43. The van der Waals surface area contributed by atoms with E-state index in [1.54, 1.807) is 18.3 Å². The van der Waals surface area contributed by atoms with Crippen LogP contribution in [0.2, 0.25) is 0 Å². The number of rotatable bonds is 4. The fourth-order valence-corrected chi connectivity index (χ4v) is 3.20. The molecule has 1 fully saturated rings. The topological polar surface area (TPSA) is 63.4 Å². The molecule has 0 aliphatic carbocycles.